The lowest BCUT2D eigenvalue weighted by Gasteiger charge is -2.14. The predicted molar refractivity (Wildman–Crippen MR) is 155 cm³/mol. The van der Waals surface area contributed by atoms with Gasteiger partial charge in [0, 0.05) is 15.6 Å². The zero-order valence-electron chi connectivity index (χ0n) is 22.0. The molecule has 0 aliphatic heterocycles. The van der Waals surface area contributed by atoms with Gasteiger partial charge in [-0.1, -0.05) is 36.4 Å². The Morgan fingerprint density at radius 3 is 2.43 bits per heavy atom. The molecule has 0 bridgehead atoms. The minimum absolute atomic E-state index is 0.0542. The third-order valence-corrected chi connectivity index (χ3v) is 6.87. The SMILES string of the molecule is CCOc1cc(C=Nn2c(-c3cccc(C(F)(F)F)c3)nc3ccccc3c2=O)c(Br)cc1OCc1ccc(F)cc1. The molecule has 0 aliphatic rings. The van der Waals surface area contributed by atoms with Gasteiger partial charge in [0.2, 0.25) is 0 Å². The molecule has 214 valence electrons. The Morgan fingerprint density at radius 2 is 1.69 bits per heavy atom. The predicted octanol–water partition coefficient (Wildman–Crippen LogP) is 7.84. The summed E-state index contributed by atoms with van der Waals surface area (Å²) in [4.78, 5) is 18.0. The van der Waals surface area contributed by atoms with Crippen LogP contribution < -0.4 is 15.0 Å². The molecule has 1 aromatic heterocycles. The summed E-state index contributed by atoms with van der Waals surface area (Å²) in [7, 11) is 0. The Kier molecular flexibility index (Phi) is 8.39. The van der Waals surface area contributed by atoms with E-state index in [1.807, 2.05) is 0 Å². The van der Waals surface area contributed by atoms with E-state index in [2.05, 4.69) is 26.0 Å². The normalized spacial score (nSPS) is 11.8. The molecule has 0 fully saturated rings. The number of halogens is 5. The second-order valence-electron chi connectivity index (χ2n) is 9.06. The van der Waals surface area contributed by atoms with Crippen molar-refractivity contribution in [2.45, 2.75) is 19.7 Å². The van der Waals surface area contributed by atoms with Crippen LogP contribution in [0.3, 0.4) is 0 Å². The Hall–Kier alpha value is -4.51. The van der Waals surface area contributed by atoms with Gasteiger partial charge in [-0.3, -0.25) is 4.79 Å². The quantitative estimate of drug-likeness (QED) is 0.128. The van der Waals surface area contributed by atoms with Crippen molar-refractivity contribution in [2.24, 2.45) is 5.10 Å². The van der Waals surface area contributed by atoms with Gasteiger partial charge < -0.3 is 9.47 Å². The summed E-state index contributed by atoms with van der Waals surface area (Å²) in [6.07, 6.45) is -3.20. The van der Waals surface area contributed by atoms with E-state index in [-0.39, 0.29) is 29.2 Å². The first-order valence-electron chi connectivity index (χ1n) is 12.7. The smallest absolute Gasteiger partial charge is 0.416 e. The molecule has 0 N–H and O–H groups in total. The van der Waals surface area contributed by atoms with Crippen molar-refractivity contribution in [1.29, 1.82) is 0 Å². The number of hydrogen-bond acceptors (Lipinski definition) is 5. The first kappa shape index (κ1) is 29.0. The van der Waals surface area contributed by atoms with Crippen LogP contribution in [0.5, 0.6) is 11.5 Å². The molecule has 0 atom stereocenters. The summed E-state index contributed by atoms with van der Waals surface area (Å²) >= 11 is 3.49. The highest BCUT2D eigenvalue weighted by molar-refractivity contribution is 9.10. The number of para-hydroxylation sites is 1. The average molecular weight is 640 g/mol. The molecular weight excluding hydrogens is 618 g/mol. The lowest BCUT2D eigenvalue weighted by molar-refractivity contribution is -0.137. The fourth-order valence-electron chi connectivity index (χ4n) is 4.14. The van der Waals surface area contributed by atoms with Crippen LogP contribution >= 0.6 is 15.9 Å². The van der Waals surface area contributed by atoms with Crippen LogP contribution in [-0.2, 0) is 12.8 Å². The number of alkyl halides is 3. The summed E-state index contributed by atoms with van der Waals surface area (Å²) in [6, 6.07) is 20.3. The van der Waals surface area contributed by atoms with Crippen molar-refractivity contribution in [3.05, 3.63) is 122 Å². The average Bonchev–Trinajstić information content (AvgIpc) is 2.97. The highest BCUT2D eigenvalue weighted by atomic mass is 79.9. The Balaban J connectivity index is 1.56. The van der Waals surface area contributed by atoms with Crippen molar-refractivity contribution >= 4 is 33.0 Å². The molecule has 11 heteroatoms. The number of fused-ring (bicyclic) bond motifs is 1. The first-order valence-corrected chi connectivity index (χ1v) is 13.5. The van der Waals surface area contributed by atoms with Crippen LogP contribution in [0.2, 0.25) is 0 Å². The van der Waals surface area contributed by atoms with Crippen LogP contribution in [0, 0.1) is 5.82 Å². The van der Waals surface area contributed by atoms with E-state index in [1.165, 1.54) is 30.5 Å². The van der Waals surface area contributed by atoms with Gasteiger partial charge in [-0.25, -0.2) is 9.37 Å². The van der Waals surface area contributed by atoms with Gasteiger partial charge in [0.1, 0.15) is 12.4 Å². The van der Waals surface area contributed by atoms with Crippen molar-refractivity contribution in [1.82, 2.24) is 9.66 Å². The fraction of sp³-hybridized carbons (Fsp3) is 0.129. The second-order valence-corrected chi connectivity index (χ2v) is 9.92. The zero-order valence-corrected chi connectivity index (χ0v) is 23.6. The zero-order chi connectivity index (χ0) is 29.9. The van der Waals surface area contributed by atoms with Crippen molar-refractivity contribution in [3.8, 4) is 22.9 Å². The molecule has 5 rings (SSSR count). The van der Waals surface area contributed by atoms with Gasteiger partial charge in [-0.15, -0.1) is 0 Å². The minimum Gasteiger partial charge on any atom is -0.490 e. The minimum atomic E-state index is -4.58. The third kappa shape index (κ3) is 6.36. The number of aromatic nitrogens is 2. The molecule has 42 heavy (non-hydrogen) atoms. The second kappa shape index (κ2) is 12.2. The van der Waals surface area contributed by atoms with Gasteiger partial charge >= 0.3 is 6.18 Å². The molecule has 0 spiro atoms. The summed E-state index contributed by atoms with van der Waals surface area (Å²) < 4.78 is 66.9. The molecule has 0 aliphatic carbocycles. The number of rotatable bonds is 8. The van der Waals surface area contributed by atoms with E-state index < -0.39 is 17.3 Å². The Bertz CT molecular complexity index is 1840. The molecule has 1 heterocycles. The maximum atomic E-state index is 13.5. The van der Waals surface area contributed by atoms with E-state index in [4.69, 9.17) is 9.47 Å². The molecule has 5 aromatic rings. The number of benzene rings is 4. The summed E-state index contributed by atoms with van der Waals surface area (Å²) in [5, 5.41) is 4.62. The molecular formula is C31H22BrF4N3O3. The molecule has 0 amide bonds. The molecule has 0 saturated heterocycles. The van der Waals surface area contributed by atoms with Gasteiger partial charge in [0.25, 0.3) is 5.56 Å². The van der Waals surface area contributed by atoms with E-state index in [0.29, 0.717) is 33.7 Å². The van der Waals surface area contributed by atoms with Crippen molar-refractivity contribution < 1.29 is 27.0 Å². The number of nitrogens with zero attached hydrogens (tertiary/aromatic N) is 3. The van der Waals surface area contributed by atoms with E-state index in [1.54, 1.807) is 55.5 Å². The van der Waals surface area contributed by atoms with Gasteiger partial charge in [-0.05, 0) is 76.9 Å². The standard InChI is InChI=1S/C31H22BrF4N3O3/c1-2-41-27-15-21(25(32)16-28(27)42-18-19-10-12-23(33)13-11-19)17-37-39-29(20-6-5-7-22(14-20)31(34,35)36)38-26-9-4-3-8-24(26)30(39)40/h3-17H,2,18H2,1H3. The van der Waals surface area contributed by atoms with E-state index >= 15 is 0 Å². The van der Waals surface area contributed by atoms with E-state index in [9.17, 15) is 22.4 Å². The van der Waals surface area contributed by atoms with Crippen LogP contribution in [0.1, 0.15) is 23.6 Å². The monoisotopic (exact) mass is 639 g/mol. The lowest BCUT2D eigenvalue weighted by Crippen LogP contribution is -2.20. The van der Waals surface area contributed by atoms with Crippen molar-refractivity contribution in [2.75, 3.05) is 6.61 Å². The summed E-state index contributed by atoms with van der Waals surface area (Å²) in [5.74, 6) is 0.407. The topological polar surface area (TPSA) is 65.7 Å². The third-order valence-electron chi connectivity index (χ3n) is 6.18. The fourth-order valence-corrected chi connectivity index (χ4v) is 4.57. The highest BCUT2D eigenvalue weighted by Gasteiger charge is 2.31. The molecule has 4 aromatic carbocycles. The number of hydrogen-bond donors (Lipinski definition) is 0. The first-order chi connectivity index (χ1) is 20.1. The highest BCUT2D eigenvalue weighted by Crippen LogP contribution is 2.34. The van der Waals surface area contributed by atoms with Crippen LogP contribution in [0.4, 0.5) is 17.6 Å². The van der Waals surface area contributed by atoms with Crippen LogP contribution in [0.25, 0.3) is 22.3 Å². The van der Waals surface area contributed by atoms with Gasteiger partial charge in [0.05, 0.1) is 29.3 Å². The Morgan fingerprint density at radius 1 is 0.952 bits per heavy atom. The maximum Gasteiger partial charge on any atom is 0.416 e. The summed E-state index contributed by atoms with van der Waals surface area (Å²) in [6.45, 7) is 2.30. The Labute approximate surface area is 246 Å². The lowest BCUT2D eigenvalue weighted by atomic mass is 10.1. The van der Waals surface area contributed by atoms with Crippen molar-refractivity contribution in [3.63, 3.8) is 0 Å². The molecule has 0 saturated carbocycles. The molecule has 0 radical (unpaired) electrons. The summed E-state index contributed by atoms with van der Waals surface area (Å²) in [5.41, 5.74) is 0.226. The number of ether oxygens (including phenoxy) is 2. The van der Waals surface area contributed by atoms with Crippen LogP contribution in [-0.4, -0.2) is 22.5 Å². The van der Waals surface area contributed by atoms with Gasteiger partial charge in [-0.2, -0.15) is 22.9 Å². The molecule has 0 unspecified atom stereocenters. The molecule has 6 nitrogen and oxygen atoms in total. The maximum absolute atomic E-state index is 13.5. The van der Waals surface area contributed by atoms with Gasteiger partial charge in [0.15, 0.2) is 17.3 Å². The van der Waals surface area contributed by atoms with E-state index in [0.717, 1.165) is 22.4 Å². The largest absolute Gasteiger partial charge is 0.490 e. The van der Waals surface area contributed by atoms with Crippen LogP contribution in [0.15, 0.2) is 99.3 Å².